The molecule has 0 fully saturated rings. The van der Waals surface area contributed by atoms with Gasteiger partial charge < -0.3 is 14.4 Å². The molecule has 0 atom stereocenters. The SMILES string of the molecule is COC(=O)Cn1c(-c2ccccc2)ccc1-c1cccc(O)c1. The summed E-state index contributed by atoms with van der Waals surface area (Å²) in [5, 5.41) is 9.72. The van der Waals surface area contributed by atoms with Gasteiger partial charge in [-0.2, -0.15) is 0 Å². The average Bonchev–Trinajstić information content (AvgIpc) is 2.99. The van der Waals surface area contributed by atoms with Crippen LogP contribution in [0, 0.1) is 0 Å². The van der Waals surface area contributed by atoms with E-state index in [0.717, 1.165) is 22.5 Å². The first kappa shape index (κ1) is 14.9. The van der Waals surface area contributed by atoms with Gasteiger partial charge in [0.25, 0.3) is 0 Å². The molecule has 0 saturated heterocycles. The van der Waals surface area contributed by atoms with Gasteiger partial charge in [-0.05, 0) is 29.8 Å². The molecule has 23 heavy (non-hydrogen) atoms. The minimum Gasteiger partial charge on any atom is -0.508 e. The van der Waals surface area contributed by atoms with Gasteiger partial charge in [0.2, 0.25) is 0 Å². The van der Waals surface area contributed by atoms with Crippen molar-refractivity contribution in [1.29, 1.82) is 0 Å². The van der Waals surface area contributed by atoms with E-state index in [1.165, 1.54) is 7.11 Å². The molecule has 0 saturated carbocycles. The molecule has 4 heteroatoms. The number of carbonyl (C=O) groups excluding carboxylic acids is 1. The quantitative estimate of drug-likeness (QED) is 0.748. The van der Waals surface area contributed by atoms with E-state index in [-0.39, 0.29) is 18.3 Å². The Bertz CT molecular complexity index is 822. The summed E-state index contributed by atoms with van der Waals surface area (Å²) in [4.78, 5) is 11.8. The lowest BCUT2D eigenvalue weighted by molar-refractivity contribution is -0.141. The summed E-state index contributed by atoms with van der Waals surface area (Å²) in [6, 6.07) is 20.8. The summed E-state index contributed by atoms with van der Waals surface area (Å²) in [5.41, 5.74) is 3.64. The van der Waals surface area contributed by atoms with Crippen molar-refractivity contribution in [1.82, 2.24) is 4.57 Å². The number of esters is 1. The Morgan fingerprint density at radius 1 is 0.957 bits per heavy atom. The molecule has 3 aromatic rings. The number of hydrogen-bond acceptors (Lipinski definition) is 3. The van der Waals surface area contributed by atoms with Crippen LogP contribution in [0.3, 0.4) is 0 Å². The Morgan fingerprint density at radius 3 is 2.26 bits per heavy atom. The fourth-order valence-electron chi connectivity index (χ4n) is 2.61. The number of methoxy groups -OCH3 is 1. The van der Waals surface area contributed by atoms with E-state index in [1.54, 1.807) is 18.2 Å². The van der Waals surface area contributed by atoms with Crippen molar-refractivity contribution in [3.63, 3.8) is 0 Å². The summed E-state index contributed by atoms with van der Waals surface area (Å²) in [5.74, 6) is -0.130. The minimum absolute atomic E-state index is 0.110. The number of benzene rings is 2. The summed E-state index contributed by atoms with van der Waals surface area (Å²) in [6.45, 7) is 0.110. The second kappa shape index (κ2) is 6.40. The fourth-order valence-corrected chi connectivity index (χ4v) is 2.61. The van der Waals surface area contributed by atoms with Crippen molar-refractivity contribution in [3.05, 3.63) is 66.7 Å². The topological polar surface area (TPSA) is 51.5 Å². The number of ether oxygens (including phenoxy) is 1. The first-order chi connectivity index (χ1) is 11.2. The van der Waals surface area contributed by atoms with Crippen LogP contribution in [0.1, 0.15) is 0 Å². The highest BCUT2D eigenvalue weighted by molar-refractivity contribution is 5.75. The van der Waals surface area contributed by atoms with Gasteiger partial charge >= 0.3 is 5.97 Å². The molecule has 0 aliphatic heterocycles. The Hall–Kier alpha value is -3.01. The average molecular weight is 307 g/mol. The van der Waals surface area contributed by atoms with Crippen LogP contribution in [-0.2, 0) is 16.1 Å². The van der Waals surface area contributed by atoms with E-state index in [9.17, 15) is 9.90 Å². The number of phenols is 1. The third-order valence-electron chi connectivity index (χ3n) is 3.71. The molecule has 0 unspecified atom stereocenters. The van der Waals surface area contributed by atoms with E-state index in [0.29, 0.717) is 0 Å². The van der Waals surface area contributed by atoms with Gasteiger partial charge in [-0.1, -0.05) is 42.5 Å². The number of hydrogen-bond donors (Lipinski definition) is 1. The normalized spacial score (nSPS) is 10.5. The number of phenolic OH excluding ortho intramolecular Hbond substituents is 1. The van der Waals surface area contributed by atoms with Crippen molar-refractivity contribution in [2.24, 2.45) is 0 Å². The van der Waals surface area contributed by atoms with Crippen LogP contribution >= 0.6 is 0 Å². The number of aromatic hydroxyl groups is 1. The van der Waals surface area contributed by atoms with Gasteiger partial charge in [0.15, 0.2) is 0 Å². The number of carbonyl (C=O) groups is 1. The summed E-state index contributed by atoms with van der Waals surface area (Å²) in [6.07, 6.45) is 0. The highest BCUT2D eigenvalue weighted by atomic mass is 16.5. The molecule has 1 N–H and O–H groups in total. The molecule has 2 aromatic carbocycles. The highest BCUT2D eigenvalue weighted by Crippen LogP contribution is 2.30. The van der Waals surface area contributed by atoms with Crippen LogP contribution in [0.5, 0.6) is 5.75 Å². The van der Waals surface area contributed by atoms with Gasteiger partial charge in [-0.15, -0.1) is 0 Å². The predicted octanol–water partition coefficient (Wildman–Crippen LogP) is 3.70. The number of nitrogens with zero attached hydrogens (tertiary/aromatic N) is 1. The van der Waals surface area contributed by atoms with Crippen molar-refractivity contribution < 1.29 is 14.6 Å². The maximum absolute atomic E-state index is 11.8. The maximum Gasteiger partial charge on any atom is 0.325 e. The van der Waals surface area contributed by atoms with Crippen LogP contribution < -0.4 is 0 Å². The zero-order valence-electron chi connectivity index (χ0n) is 12.8. The van der Waals surface area contributed by atoms with Gasteiger partial charge in [-0.3, -0.25) is 4.79 Å². The third-order valence-corrected chi connectivity index (χ3v) is 3.71. The lowest BCUT2D eigenvalue weighted by atomic mass is 10.1. The Morgan fingerprint density at radius 2 is 1.61 bits per heavy atom. The summed E-state index contributed by atoms with van der Waals surface area (Å²) >= 11 is 0. The van der Waals surface area contributed by atoms with Crippen molar-refractivity contribution in [2.75, 3.05) is 7.11 Å². The molecule has 1 heterocycles. The second-order valence-electron chi connectivity index (χ2n) is 5.18. The molecule has 3 rings (SSSR count). The van der Waals surface area contributed by atoms with Crippen LogP contribution in [0.15, 0.2) is 66.7 Å². The smallest absolute Gasteiger partial charge is 0.325 e. The molecule has 116 valence electrons. The summed E-state index contributed by atoms with van der Waals surface area (Å²) in [7, 11) is 1.38. The lowest BCUT2D eigenvalue weighted by Crippen LogP contribution is -2.13. The van der Waals surface area contributed by atoms with Gasteiger partial charge in [0.05, 0.1) is 7.11 Å². The summed E-state index contributed by atoms with van der Waals surface area (Å²) < 4.78 is 6.72. The molecule has 0 bridgehead atoms. The highest BCUT2D eigenvalue weighted by Gasteiger charge is 2.15. The van der Waals surface area contributed by atoms with E-state index >= 15 is 0 Å². The maximum atomic E-state index is 11.8. The predicted molar refractivity (Wildman–Crippen MR) is 89.0 cm³/mol. The lowest BCUT2D eigenvalue weighted by Gasteiger charge is -2.13. The first-order valence-electron chi connectivity index (χ1n) is 7.30. The largest absolute Gasteiger partial charge is 0.508 e. The van der Waals surface area contributed by atoms with E-state index in [2.05, 4.69) is 0 Å². The zero-order valence-corrected chi connectivity index (χ0v) is 12.8. The van der Waals surface area contributed by atoms with Crippen LogP contribution in [0.4, 0.5) is 0 Å². The van der Waals surface area contributed by atoms with Gasteiger partial charge in [0, 0.05) is 17.0 Å². The number of rotatable bonds is 4. The fraction of sp³-hybridized carbons (Fsp3) is 0.105. The Labute approximate surface area is 134 Å². The standard InChI is InChI=1S/C19H17NO3/c1-23-19(22)13-20-17(14-6-3-2-4-7-14)10-11-18(20)15-8-5-9-16(21)12-15/h2-12,21H,13H2,1H3. The van der Waals surface area contributed by atoms with E-state index < -0.39 is 0 Å². The molecule has 0 amide bonds. The molecular formula is C19H17NO3. The number of aromatic nitrogens is 1. The van der Waals surface area contributed by atoms with Crippen LogP contribution in [0.25, 0.3) is 22.5 Å². The van der Waals surface area contributed by atoms with Crippen molar-refractivity contribution in [3.8, 4) is 28.3 Å². The molecule has 0 radical (unpaired) electrons. The Kier molecular flexibility index (Phi) is 4.15. The molecule has 1 aromatic heterocycles. The van der Waals surface area contributed by atoms with Crippen molar-refractivity contribution >= 4 is 5.97 Å². The van der Waals surface area contributed by atoms with Gasteiger partial charge in [0.1, 0.15) is 12.3 Å². The van der Waals surface area contributed by atoms with Crippen molar-refractivity contribution in [2.45, 2.75) is 6.54 Å². The minimum atomic E-state index is -0.320. The first-order valence-corrected chi connectivity index (χ1v) is 7.30. The second-order valence-corrected chi connectivity index (χ2v) is 5.18. The monoisotopic (exact) mass is 307 g/mol. The molecule has 0 aliphatic carbocycles. The molecule has 4 nitrogen and oxygen atoms in total. The molecular weight excluding hydrogens is 290 g/mol. The molecule has 0 spiro atoms. The third kappa shape index (κ3) is 3.11. The van der Waals surface area contributed by atoms with Gasteiger partial charge in [-0.25, -0.2) is 0 Å². The van der Waals surface area contributed by atoms with Crippen LogP contribution in [0.2, 0.25) is 0 Å². The zero-order chi connectivity index (χ0) is 16.2. The van der Waals surface area contributed by atoms with Crippen LogP contribution in [-0.4, -0.2) is 22.8 Å². The molecule has 0 aliphatic rings. The van der Waals surface area contributed by atoms with E-state index in [1.807, 2.05) is 53.1 Å². The van der Waals surface area contributed by atoms with E-state index in [4.69, 9.17) is 4.74 Å². The Balaban J connectivity index is 2.13.